The van der Waals surface area contributed by atoms with E-state index in [0.29, 0.717) is 0 Å². The quantitative estimate of drug-likeness (QED) is 0.282. The van der Waals surface area contributed by atoms with Gasteiger partial charge in [0.2, 0.25) is 0 Å². The van der Waals surface area contributed by atoms with Gasteiger partial charge in [-0.15, -0.1) is 5.92 Å². The first-order valence-electron chi connectivity index (χ1n) is 12.4. The fraction of sp³-hybridized carbons (Fsp3) is 0.885. The van der Waals surface area contributed by atoms with Crippen molar-refractivity contribution < 1.29 is 19.4 Å². The third kappa shape index (κ3) is 11.3. The van der Waals surface area contributed by atoms with Crippen LogP contribution in [0.5, 0.6) is 0 Å². The molecule has 1 N–H and O–H groups in total. The highest BCUT2D eigenvalue weighted by atomic mass is 16.6. The Hall–Kier alpha value is -1.25. The fourth-order valence-electron chi connectivity index (χ4n) is 3.88. The molecule has 0 bridgehead atoms. The van der Waals surface area contributed by atoms with Crippen molar-refractivity contribution in [3.05, 3.63) is 0 Å². The molecule has 1 saturated heterocycles. The van der Waals surface area contributed by atoms with Crippen LogP contribution in [-0.4, -0.2) is 46.2 Å². The number of carbonyl (C=O) groups excluding carboxylic acids is 1. The van der Waals surface area contributed by atoms with Crippen LogP contribution >= 0.6 is 0 Å². The van der Waals surface area contributed by atoms with E-state index in [2.05, 4.69) is 18.8 Å². The molecule has 5 nitrogen and oxygen atoms in total. The highest BCUT2D eigenvalue weighted by Gasteiger charge is 2.48. The third-order valence-electron chi connectivity index (χ3n) is 5.63. The lowest BCUT2D eigenvalue weighted by Crippen LogP contribution is -2.53. The van der Waals surface area contributed by atoms with Crippen molar-refractivity contribution in [1.82, 2.24) is 4.90 Å². The summed E-state index contributed by atoms with van der Waals surface area (Å²) in [5, 5.41) is 10.6. The molecule has 0 spiro atoms. The van der Waals surface area contributed by atoms with Crippen LogP contribution in [0.15, 0.2) is 0 Å². The van der Waals surface area contributed by atoms with Crippen LogP contribution in [0.4, 0.5) is 4.79 Å². The van der Waals surface area contributed by atoms with Gasteiger partial charge in [-0.05, 0) is 41.0 Å². The summed E-state index contributed by atoms with van der Waals surface area (Å²) >= 11 is 0. The predicted octanol–water partition coefficient (Wildman–Crippen LogP) is 6.42. The van der Waals surface area contributed by atoms with Gasteiger partial charge >= 0.3 is 6.09 Å². The topological polar surface area (TPSA) is 59.0 Å². The van der Waals surface area contributed by atoms with E-state index < -0.39 is 29.6 Å². The Balaban J connectivity index is 2.29. The molecule has 0 aromatic carbocycles. The van der Waals surface area contributed by atoms with E-state index in [0.717, 1.165) is 12.8 Å². The first kappa shape index (κ1) is 27.8. The van der Waals surface area contributed by atoms with Gasteiger partial charge in [-0.1, -0.05) is 77.1 Å². The van der Waals surface area contributed by atoms with Gasteiger partial charge in [0.25, 0.3) is 0 Å². The van der Waals surface area contributed by atoms with Gasteiger partial charge in [0.1, 0.15) is 17.4 Å². The zero-order chi connectivity index (χ0) is 23.3. The number of hydrogen-bond donors (Lipinski definition) is 1. The van der Waals surface area contributed by atoms with Crippen molar-refractivity contribution in [1.29, 1.82) is 0 Å². The molecule has 0 unspecified atom stereocenters. The Kier molecular flexibility index (Phi) is 12.6. The monoisotopic (exact) mass is 437 g/mol. The van der Waals surface area contributed by atoms with Crippen LogP contribution in [0.2, 0.25) is 0 Å². The number of hydrogen-bond acceptors (Lipinski definition) is 4. The lowest BCUT2D eigenvalue weighted by molar-refractivity contribution is -0.0658. The molecule has 31 heavy (non-hydrogen) atoms. The number of aliphatic hydroxyl groups excluding tert-OH is 1. The van der Waals surface area contributed by atoms with Crippen LogP contribution in [0, 0.1) is 11.8 Å². The van der Waals surface area contributed by atoms with Crippen molar-refractivity contribution in [3.63, 3.8) is 0 Å². The molecule has 2 atom stereocenters. The molecular weight excluding hydrogens is 390 g/mol. The molecule has 1 amide bonds. The molecule has 180 valence electrons. The summed E-state index contributed by atoms with van der Waals surface area (Å²) in [5.41, 5.74) is -1.43. The molecule has 0 saturated carbocycles. The first-order chi connectivity index (χ1) is 14.6. The van der Waals surface area contributed by atoms with Gasteiger partial charge in [-0.3, -0.25) is 4.90 Å². The lowest BCUT2D eigenvalue weighted by atomic mass is 10.1. The van der Waals surface area contributed by atoms with Gasteiger partial charge in [-0.2, -0.15) is 0 Å². The minimum absolute atomic E-state index is 0.251. The average Bonchev–Trinajstić information content (AvgIpc) is 2.99. The van der Waals surface area contributed by atoms with Crippen LogP contribution in [0.1, 0.15) is 119 Å². The first-order valence-corrected chi connectivity index (χ1v) is 12.4. The second kappa shape index (κ2) is 14.0. The molecule has 1 fully saturated rings. The Morgan fingerprint density at radius 3 is 2.10 bits per heavy atom. The Morgan fingerprint density at radius 1 is 1.06 bits per heavy atom. The van der Waals surface area contributed by atoms with Crippen LogP contribution in [0.25, 0.3) is 0 Å². The zero-order valence-corrected chi connectivity index (χ0v) is 21.0. The number of nitrogens with zero attached hydrogens (tertiary/aromatic N) is 1. The van der Waals surface area contributed by atoms with E-state index in [-0.39, 0.29) is 6.61 Å². The van der Waals surface area contributed by atoms with Gasteiger partial charge < -0.3 is 14.6 Å². The van der Waals surface area contributed by atoms with Crippen molar-refractivity contribution in [3.8, 4) is 11.8 Å². The van der Waals surface area contributed by atoms with Crippen molar-refractivity contribution in [2.75, 3.05) is 6.61 Å². The Bertz CT molecular complexity index is 570. The summed E-state index contributed by atoms with van der Waals surface area (Å²) in [6.45, 7) is 11.6. The minimum Gasteiger partial charge on any atom is -0.444 e. The van der Waals surface area contributed by atoms with Crippen molar-refractivity contribution in [2.45, 2.75) is 142 Å². The van der Waals surface area contributed by atoms with Crippen molar-refractivity contribution in [2.24, 2.45) is 0 Å². The van der Waals surface area contributed by atoms with Crippen LogP contribution in [0.3, 0.4) is 0 Å². The lowest BCUT2D eigenvalue weighted by Gasteiger charge is -2.35. The molecule has 0 aromatic rings. The van der Waals surface area contributed by atoms with E-state index >= 15 is 0 Å². The molecule has 1 aliphatic heterocycles. The van der Waals surface area contributed by atoms with Gasteiger partial charge in [0, 0.05) is 6.42 Å². The van der Waals surface area contributed by atoms with E-state index in [1.807, 2.05) is 34.6 Å². The number of aliphatic hydroxyl groups is 1. The summed E-state index contributed by atoms with van der Waals surface area (Å²) < 4.78 is 11.2. The normalized spacial score (nSPS) is 19.1. The second-order valence-electron chi connectivity index (χ2n) is 10.2. The zero-order valence-electron chi connectivity index (χ0n) is 21.0. The molecule has 1 rings (SSSR count). The Morgan fingerprint density at radius 2 is 1.58 bits per heavy atom. The highest BCUT2D eigenvalue weighted by Crippen LogP contribution is 2.30. The fourth-order valence-corrected chi connectivity index (χ4v) is 3.88. The number of rotatable bonds is 12. The van der Waals surface area contributed by atoms with E-state index in [4.69, 9.17) is 9.47 Å². The molecular formula is C26H47NO4. The summed E-state index contributed by atoms with van der Waals surface area (Å²) in [6.07, 6.45) is 13.7. The second-order valence-corrected chi connectivity index (χ2v) is 10.2. The minimum atomic E-state index is -0.943. The number of carbonyl (C=O) groups is 1. The highest BCUT2D eigenvalue weighted by molar-refractivity contribution is 5.70. The smallest absolute Gasteiger partial charge is 0.413 e. The molecule has 0 aliphatic carbocycles. The van der Waals surface area contributed by atoms with Gasteiger partial charge in [-0.25, -0.2) is 4.79 Å². The number of ether oxygens (including phenoxy) is 2. The summed E-state index contributed by atoms with van der Waals surface area (Å²) in [7, 11) is 0. The maximum Gasteiger partial charge on any atom is 0.413 e. The number of unbranched alkanes of at least 4 members (excludes halogenated alkanes) is 11. The molecule has 0 aromatic heterocycles. The largest absolute Gasteiger partial charge is 0.444 e. The summed E-state index contributed by atoms with van der Waals surface area (Å²) in [4.78, 5) is 14.1. The van der Waals surface area contributed by atoms with E-state index in [9.17, 15) is 9.90 Å². The average molecular weight is 438 g/mol. The molecule has 1 heterocycles. The molecule has 5 heteroatoms. The number of amides is 1. The summed E-state index contributed by atoms with van der Waals surface area (Å²) in [6, 6.07) is -0.519. The maximum atomic E-state index is 12.6. The maximum absolute atomic E-state index is 12.6. The van der Waals surface area contributed by atoms with E-state index in [1.54, 1.807) is 0 Å². The third-order valence-corrected chi connectivity index (χ3v) is 5.63. The predicted molar refractivity (Wildman–Crippen MR) is 127 cm³/mol. The van der Waals surface area contributed by atoms with Gasteiger partial charge in [0.05, 0.1) is 12.6 Å². The Labute approximate surface area is 191 Å². The van der Waals surface area contributed by atoms with Gasteiger partial charge in [0.15, 0.2) is 0 Å². The van der Waals surface area contributed by atoms with Crippen molar-refractivity contribution >= 4 is 6.09 Å². The standard InChI is InChI=1S/C26H47NO4/c1-7-8-9-10-11-12-13-14-15-16-17-18-19-20-23(28)22-21-30-26(5,6)27(22)24(29)31-25(2,3)4/h22-23,28H,7-18,21H2,1-6H3/t22-,23+/m0/s1. The SMILES string of the molecule is CCCCCCCCCCCCCC#C[C@@H](O)[C@@H]1COC(C)(C)N1C(=O)OC(C)(C)C. The summed E-state index contributed by atoms with van der Waals surface area (Å²) in [5.74, 6) is 6.02. The van der Waals surface area contributed by atoms with E-state index in [1.165, 1.54) is 69.1 Å². The van der Waals surface area contributed by atoms with Crippen LogP contribution < -0.4 is 0 Å². The van der Waals surface area contributed by atoms with Crippen LogP contribution in [-0.2, 0) is 9.47 Å². The molecule has 0 radical (unpaired) electrons. The molecule has 1 aliphatic rings.